The summed E-state index contributed by atoms with van der Waals surface area (Å²) in [7, 11) is 1.68. The maximum absolute atomic E-state index is 10.2. The molecule has 0 spiro atoms. The molecule has 0 amide bonds. The molecule has 16 heavy (non-hydrogen) atoms. The molecule has 0 aromatic heterocycles. The van der Waals surface area contributed by atoms with Crippen molar-refractivity contribution in [3.8, 4) is 0 Å². The number of methoxy groups -OCH3 is 1. The molecule has 0 radical (unpaired) electrons. The molecule has 3 heteroatoms. The van der Waals surface area contributed by atoms with Crippen molar-refractivity contribution >= 4 is 0 Å². The average molecular weight is 223 g/mol. The van der Waals surface area contributed by atoms with Gasteiger partial charge in [-0.15, -0.1) is 0 Å². The minimum Gasteiger partial charge on any atom is -0.387 e. The molecule has 2 atom stereocenters. The molecular formula is C13H21NO2. The minimum absolute atomic E-state index is 0.0811. The third-order valence-corrected chi connectivity index (χ3v) is 2.67. The van der Waals surface area contributed by atoms with Crippen LogP contribution < -0.4 is 5.32 Å². The first kappa shape index (κ1) is 13.2. The van der Waals surface area contributed by atoms with Crippen molar-refractivity contribution in [3.63, 3.8) is 0 Å². The lowest BCUT2D eigenvalue weighted by Gasteiger charge is -2.23. The van der Waals surface area contributed by atoms with E-state index in [-0.39, 0.29) is 6.04 Å². The number of aliphatic hydroxyl groups is 1. The lowest BCUT2D eigenvalue weighted by molar-refractivity contribution is 0.117. The summed E-state index contributed by atoms with van der Waals surface area (Å²) in [5.74, 6) is 0. The van der Waals surface area contributed by atoms with Gasteiger partial charge in [-0.05, 0) is 12.0 Å². The van der Waals surface area contributed by atoms with Gasteiger partial charge < -0.3 is 15.2 Å². The molecule has 1 aromatic rings. The SMILES string of the molecule is CCC(NCCOC)C(O)c1ccccc1. The smallest absolute Gasteiger partial charge is 0.0942 e. The highest BCUT2D eigenvalue weighted by molar-refractivity contribution is 5.18. The van der Waals surface area contributed by atoms with Gasteiger partial charge in [-0.3, -0.25) is 0 Å². The van der Waals surface area contributed by atoms with Gasteiger partial charge in [-0.25, -0.2) is 0 Å². The van der Waals surface area contributed by atoms with E-state index >= 15 is 0 Å². The Morgan fingerprint density at radius 1 is 1.31 bits per heavy atom. The second-order valence-corrected chi connectivity index (χ2v) is 3.82. The standard InChI is InChI=1S/C13H21NO2/c1-3-12(14-9-10-16-2)13(15)11-7-5-4-6-8-11/h4-8,12-15H,3,9-10H2,1-2H3. The number of hydrogen-bond acceptors (Lipinski definition) is 3. The Kier molecular flexibility index (Phi) is 6.08. The third-order valence-electron chi connectivity index (χ3n) is 2.67. The van der Waals surface area contributed by atoms with E-state index in [1.54, 1.807) is 7.11 Å². The Labute approximate surface area is 97.4 Å². The number of ether oxygens (including phenoxy) is 1. The third kappa shape index (κ3) is 3.93. The minimum atomic E-state index is -0.456. The fourth-order valence-electron chi connectivity index (χ4n) is 1.71. The summed E-state index contributed by atoms with van der Waals surface area (Å²) >= 11 is 0. The van der Waals surface area contributed by atoms with Crippen LogP contribution >= 0.6 is 0 Å². The van der Waals surface area contributed by atoms with Crippen LogP contribution in [0.3, 0.4) is 0 Å². The molecule has 0 fully saturated rings. The van der Waals surface area contributed by atoms with E-state index in [9.17, 15) is 5.11 Å². The highest BCUT2D eigenvalue weighted by Crippen LogP contribution is 2.18. The number of rotatable bonds is 7. The molecule has 2 unspecified atom stereocenters. The number of benzene rings is 1. The van der Waals surface area contributed by atoms with Crippen LogP contribution in [0, 0.1) is 0 Å². The molecule has 90 valence electrons. The lowest BCUT2D eigenvalue weighted by atomic mass is 10.0. The molecule has 0 aliphatic heterocycles. The van der Waals surface area contributed by atoms with Gasteiger partial charge >= 0.3 is 0 Å². The molecule has 1 rings (SSSR count). The zero-order chi connectivity index (χ0) is 11.8. The first-order chi connectivity index (χ1) is 7.79. The van der Waals surface area contributed by atoms with Gasteiger partial charge in [0.2, 0.25) is 0 Å². The molecular weight excluding hydrogens is 202 g/mol. The number of aliphatic hydroxyl groups excluding tert-OH is 1. The highest BCUT2D eigenvalue weighted by atomic mass is 16.5. The van der Waals surface area contributed by atoms with E-state index in [4.69, 9.17) is 4.74 Å². The average Bonchev–Trinajstić information content (AvgIpc) is 2.35. The molecule has 0 heterocycles. The van der Waals surface area contributed by atoms with Crippen LogP contribution in [0.5, 0.6) is 0 Å². The van der Waals surface area contributed by atoms with Gasteiger partial charge in [0.05, 0.1) is 12.7 Å². The van der Waals surface area contributed by atoms with E-state index in [0.717, 1.165) is 18.5 Å². The predicted octanol–water partition coefficient (Wildman–Crippen LogP) is 1.73. The molecule has 3 nitrogen and oxygen atoms in total. The molecule has 0 saturated carbocycles. The summed E-state index contributed by atoms with van der Waals surface area (Å²) in [5.41, 5.74) is 0.958. The molecule has 1 aromatic carbocycles. The first-order valence-electron chi connectivity index (χ1n) is 5.75. The van der Waals surface area contributed by atoms with Crippen LogP contribution in [0.15, 0.2) is 30.3 Å². The Hall–Kier alpha value is -0.900. The summed E-state index contributed by atoms with van der Waals surface area (Å²) in [6.07, 6.45) is 0.433. The predicted molar refractivity (Wildman–Crippen MR) is 65.4 cm³/mol. The van der Waals surface area contributed by atoms with Crippen molar-refractivity contribution in [2.24, 2.45) is 0 Å². The Balaban J connectivity index is 2.52. The lowest BCUT2D eigenvalue weighted by Crippen LogP contribution is -2.36. The van der Waals surface area contributed by atoms with Crippen molar-refractivity contribution in [1.29, 1.82) is 0 Å². The van der Waals surface area contributed by atoms with Crippen LogP contribution in [0.1, 0.15) is 25.0 Å². The molecule has 0 bridgehead atoms. The molecule has 2 N–H and O–H groups in total. The number of hydrogen-bond donors (Lipinski definition) is 2. The monoisotopic (exact) mass is 223 g/mol. The second-order valence-electron chi connectivity index (χ2n) is 3.82. The summed E-state index contributed by atoms with van der Waals surface area (Å²) in [5, 5.41) is 13.5. The summed E-state index contributed by atoms with van der Waals surface area (Å²) in [6.45, 7) is 3.49. The van der Waals surface area contributed by atoms with E-state index < -0.39 is 6.10 Å². The van der Waals surface area contributed by atoms with Crippen molar-refractivity contribution in [2.75, 3.05) is 20.3 Å². The fourth-order valence-corrected chi connectivity index (χ4v) is 1.71. The van der Waals surface area contributed by atoms with Crippen molar-refractivity contribution < 1.29 is 9.84 Å². The van der Waals surface area contributed by atoms with Crippen molar-refractivity contribution in [2.45, 2.75) is 25.5 Å². The fraction of sp³-hybridized carbons (Fsp3) is 0.538. The summed E-state index contributed by atoms with van der Waals surface area (Å²) in [6, 6.07) is 9.82. The van der Waals surface area contributed by atoms with Gasteiger partial charge in [0.1, 0.15) is 0 Å². The van der Waals surface area contributed by atoms with Crippen LogP contribution in [0.4, 0.5) is 0 Å². The number of nitrogens with one attached hydrogen (secondary N) is 1. The van der Waals surface area contributed by atoms with Crippen LogP contribution in [-0.2, 0) is 4.74 Å². The van der Waals surface area contributed by atoms with Gasteiger partial charge in [-0.1, -0.05) is 37.3 Å². The van der Waals surface area contributed by atoms with Gasteiger partial charge in [-0.2, -0.15) is 0 Å². The Morgan fingerprint density at radius 2 is 2.00 bits per heavy atom. The van der Waals surface area contributed by atoms with E-state index in [0.29, 0.717) is 6.61 Å². The van der Waals surface area contributed by atoms with Gasteiger partial charge in [0, 0.05) is 19.7 Å². The van der Waals surface area contributed by atoms with Crippen molar-refractivity contribution in [1.82, 2.24) is 5.32 Å². The van der Waals surface area contributed by atoms with Crippen LogP contribution in [-0.4, -0.2) is 31.4 Å². The molecule has 0 aliphatic carbocycles. The van der Waals surface area contributed by atoms with Gasteiger partial charge in [0.25, 0.3) is 0 Å². The van der Waals surface area contributed by atoms with E-state index in [1.807, 2.05) is 30.3 Å². The van der Waals surface area contributed by atoms with E-state index in [2.05, 4.69) is 12.2 Å². The Bertz CT molecular complexity index is 277. The molecule has 0 saturated heterocycles. The summed E-state index contributed by atoms with van der Waals surface area (Å²) in [4.78, 5) is 0. The quantitative estimate of drug-likeness (QED) is 0.692. The maximum atomic E-state index is 10.2. The second kappa shape index (κ2) is 7.39. The zero-order valence-corrected chi connectivity index (χ0v) is 10.0. The first-order valence-corrected chi connectivity index (χ1v) is 5.75. The van der Waals surface area contributed by atoms with Crippen LogP contribution in [0.25, 0.3) is 0 Å². The van der Waals surface area contributed by atoms with E-state index in [1.165, 1.54) is 0 Å². The largest absolute Gasteiger partial charge is 0.387 e. The van der Waals surface area contributed by atoms with Gasteiger partial charge in [0.15, 0.2) is 0 Å². The highest BCUT2D eigenvalue weighted by Gasteiger charge is 2.17. The van der Waals surface area contributed by atoms with Crippen LogP contribution in [0.2, 0.25) is 0 Å². The normalized spacial score (nSPS) is 14.7. The topological polar surface area (TPSA) is 41.5 Å². The molecule has 0 aliphatic rings. The zero-order valence-electron chi connectivity index (χ0n) is 10.0. The maximum Gasteiger partial charge on any atom is 0.0942 e. The van der Waals surface area contributed by atoms with Crippen molar-refractivity contribution in [3.05, 3.63) is 35.9 Å². The Morgan fingerprint density at radius 3 is 2.56 bits per heavy atom. The summed E-state index contributed by atoms with van der Waals surface area (Å²) < 4.78 is 4.98.